The molecule has 0 spiro atoms. The fourth-order valence-corrected chi connectivity index (χ4v) is 3.87. The lowest BCUT2D eigenvalue weighted by Crippen LogP contribution is -2.49. The van der Waals surface area contributed by atoms with Gasteiger partial charge in [0.1, 0.15) is 11.8 Å². The molecule has 2 amide bonds. The Morgan fingerprint density at radius 1 is 1.14 bits per heavy atom. The number of nitrogens with one attached hydrogen (secondary N) is 2. The highest BCUT2D eigenvalue weighted by Gasteiger charge is 2.24. The average Bonchev–Trinajstić information content (AvgIpc) is 2.85. The zero-order valence-electron chi connectivity index (χ0n) is 20.1. The zero-order valence-corrected chi connectivity index (χ0v) is 20.1. The Hall–Kier alpha value is -3.95. The second-order valence-corrected chi connectivity index (χ2v) is 8.64. The van der Waals surface area contributed by atoms with Gasteiger partial charge in [-0.1, -0.05) is 19.9 Å². The molecule has 0 radical (unpaired) electrons. The Balaban J connectivity index is 1.55. The van der Waals surface area contributed by atoms with Crippen molar-refractivity contribution in [1.29, 1.82) is 0 Å². The first-order valence-corrected chi connectivity index (χ1v) is 11.5. The second-order valence-electron chi connectivity index (χ2n) is 8.64. The molecule has 1 atom stereocenters. The number of fused-ring (bicyclic) bond motifs is 1. The number of nitrogens with zero attached hydrogens (tertiary/aromatic N) is 2. The Kier molecular flexibility index (Phi) is 8.77. The number of hydrogen-bond acceptors (Lipinski definition) is 7. The third kappa shape index (κ3) is 7.02. The highest BCUT2D eigenvalue weighted by atomic mass is 16.6. The summed E-state index contributed by atoms with van der Waals surface area (Å²) in [5.41, 5.74) is 5.15. The van der Waals surface area contributed by atoms with Crippen LogP contribution in [0.15, 0.2) is 41.5 Å². The molecular weight excluding hydrogens is 452 g/mol. The molecule has 2 aromatic rings. The van der Waals surface area contributed by atoms with Crippen LogP contribution in [-0.2, 0) is 22.4 Å². The van der Waals surface area contributed by atoms with Crippen molar-refractivity contribution >= 4 is 23.7 Å². The smallest absolute Gasteiger partial charge is 0.311 e. The molecule has 0 aliphatic heterocycles. The Morgan fingerprint density at radius 3 is 2.57 bits per heavy atom. The van der Waals surface area contributed by atoms with Gasteiger partial charge < -0.3 is 14.8 Å². The van der Waals surface area contributed by atoms with Crippen LogP contribution in [0, 0.1) is 16.0 Å². The van der Waals surface area contributed by atoms with Crippen LogP contribution in [0.25, 0.3) is 0 Å². The van der Waals surface area contributed by atoms with Gasteiger partial charge in [0, 0.05) is 11.6 Å². The predicted octanol–water partition coefficient (Wildman–Crippen LogP) is 3.15. The minimum atomic E-state index is -0.836. The molecule has 0 saturated heterocycles. The number of amides is 2. The van der Waals surface area contributed by atoms with Crippen molar-refractivity contribution in [3.8, 4) is 11.5 Å². The summed E-state index contributed by atoms with van der Waals surface area (Å²) in [5, 5.41) is 17.7. The number of carbonyl (C=O) groups is 2. The van der Waals surface area contributed by atoms with Crippen LogP contribution in [-0.4, -0.2) is 42.7 Å². The summed E-state index contributed by atoms with van der Waals surface area (Å²) < 4.78 is 10.6. The molecule has 1 aliphatic carbocycles. The molecule has 2 N–H and O–H groups in total. The van der Waals surface area contributed by atoms with Crippen LogP contribution in [0.2, 0.25) is 0 Å². The first kappa shape index (κ1) is 25.7. The first-order chi connectivity index (χ1) is 16.8. The molecule has 0 heterocycles. The van der Waals surface area contributed by atoms with Gasteiger partial charge in [-0.2, -0.15) is 5.10 Å². The van der Waals surface area contributed by atoms with E-state index in [0.717, 1.165) is 19.3 Å². The van der Waals surface area contributed by atoms with E-state index in [2.05, 4.69) is 15.8 Å². The maximum absolute atomic E-state index is 12.6. The molecule has 0 fully saturated rings. The summed E-state index contributed by atoms with van der Waals surface area (Å²) in [7, 11) is 1.34. The molecule has 10 heteroatoms. The minimum Gasteiger partial charge on any atom is -0.490 e. The fraction of sp³-hybridized carbons (Fsp3) is 0.400. The van der Waals surface area contributed by atoms with E-state index in [1.165, 1.54) is 43.0 Å². The number of benzene rings is 2. The molecule has 3 rings (SSSR count). The van der Waals surface area contributed by atoms with E-state index in [9.17, 15) is 19.7 Å². The molecule has 35 heavy (non-hydrogen) atoms. The van der Waals surface area contributed by atoms with Gasteiger partial charge in [0.25, 0.3) is 11.8 Å². The number of hydrazone groups is 1. The largest absolute Gasteiger partial charge is 0.490 e. The maximum Gasteiger partial charge on any atom is 0.311 e. The summed E-state index contributed by atoms with van der Waals surface area (Å²) in [5.74, 6) is -0.395. The van der Waals surface area contributed by atoms with Gasteiger partial charge in [-0.25, -0.2) is 5.43 Å². The lowest BCUT2D eigenvalue weighted by Gasteiger charge is -2.21. The molecule has 0 unspecified atom stereocenters. The first-order valence-electron chi connectivity index (χ1n) is 11.5. The molecule has 186 valence electrons. The van der Waals surface area contributed by atoms with Crippen LogP contribution in [0.5, 0.6) is 11.5 Å². The van der Waals surface area contributed by atoms with Crippen molar-refractivity contribution in [2.75, 3.05) is 13.7 Å². The molecule has 0 aromatic heterocycles. The quantitative estimate of drug-likeness (QED) is 0.304. The Bertz CT molecular complexity index is 1120. The standard InChI is InChI=1S/C25H30N4O6/c1-16(2)24(25(31)28-26-14-17-8-11-22(34-3)21(12-17)29(32)33)27-23(30)15-35-20-10-9-18-6-4-5-7-19(18)13-20/h8-14,16,24H,4-7,15H2,1-3H3,(H,27,30)(H,28,31)/b26-14-/t24-/m0/s1. The minimum absolute atomic E-state index is 0.122. The van der Waals surface area contributed by atoms with Crippen LogP contribution >= 0.6 is 0 Å². The van der Waals surface area contributed by atoms with Crippen molar-refractivity contribution in [2.45, 2.75) is 45.6 Å². The van der Waals surface area contributed by atoms with Crippen LogP contribution < -0.4 is 20.2 Å². The number of ether oxygens (including phenoxy) is 2. The van der Waals surface area contributed by atoms with Crippen molar-refractivity contribution in [2.24, 2.45) is 11.0 Å². The van der Waals surface area contributed by atoms with Crippen LogP contribution in [0.4, 0.5) is 5.69 Å². The molecule has 0 bridgehead atoms. The molecular formula is C25H30N4O6. The molecule has 1 aliphatic rings. The lowest BCUT2D eigenvalue weighted by molar-refractivity contribution is -0.385. The number of nitro groups is 1. The normalized spacial score (nSPS) is 13.7. The van der Waals surface area contributed by atoms with Gasteiger partial charge in [-0.3, -0.25) is 19.7 Å². The second kappa shape index (κ2) is 12.0. The molecule has 10 nitrogen and oxygen atoms in total. The monoisotopic (exact) mass is 482 g/mol. The average molecular weight is 483 g/mol. The number of rotatable bonds is 10. The number of aryl methyl sites for hydroxylation is 2. The van der Waals surface area contributed by atoms with Crippen molar-refractivity contribution in [3.63, 3.8) is 0 Å². The van der Waals surface area contributed by atoms with E-state index in [1.54, 1.807) is 19.9 Å². The van der Waals surface area contributed by atoms with E-state index in [-0.39, 0.29) is 24.0 Å². The van der Waals surface area contributed by atoms with Crippen molar-refractivity contribution < 1.29 is 24.0 Å². The van der Waals surface area contributed by atoms with Gasteiger partial charge in [-0.05, 0) is 67.0 Å². The number of carbonyl (C=O) groups excluding carboxylic acids is 2. The summed E-state index contributed by atoms with van der Waals surface area (Å²) in [4.78, 5) is 35.6. The Labute approximate surface area is 203 Å². The number of nitro benzene ring substituents is 1. The van der Waals surface area contributed by atoms with E-state index >= 15 is 0 Å². The summed E-state index contributed by atoms with van der Waals surface area (Å²) in [6, 6.07) is 9.35. The van der Waals surface area contributed by atoms with E-state index in [4.69, 9.17) is 9.47 Å². The molecule has 2 aromatic carbocycles. The van der Waals surface area contributed by atoms with Crippen molar-refractivity contribution in [3.05, 3.63) is 63.2 Å². The SMILES string of the molecule is COc1ccc(/C=N\NC(=O)[C@@H](NC(=O)COc2ccc3c(c2)CCCC3)C(C)C)cc1[N+](=O)[O-]. The number of methoxy groups -OCH3 is 1. The van der Waals surface area contributed by atoms with E-state index < -0.39 is 22.8 Å². The van der Waals surface area contributed by atoms with Gasteiger partial charge in [0.05, 0.1) is 18.2 Å². The third-order valence-corrected chi connectivity index (χ3v) is 5.74. The topological polar surface area (TPSA) is 132 Å². The Morgan fingerprint density at radius 2 is 1.89 bits per heavy atom. The third-order valence-electron chi connectivity index (χ3n) is 5.74. The lowest BCUT2D eigenvalue weighted by atomic mass is 9.92. The van der Waals surface area contributed by atoms with Crippen molar-refractivity contribution in [1.82, 2.24) is 10.7 Å². The predicted molar refractivity (Wildman–Crippen MR) is 131 cm³/mol. The summed E-state index contributed by atoms with van der Waals surface area (Å²) in [6.45, 7) is 3.38. The summed E-state index contributed by atoms with van der Waals surface area (Å²) >= 11 is 0. The number of hydrogen-bond donors (Lipinski definition) is 2. The van der Waals surface area contributed by atoms with Crippen LogP contribution in [0.1, 0.15) is 43.4 Å². The van der Waals surface area contributed by atoms with E-state index in [0.29, 0.717) is 11.3 Å². The zero-order chi connectivity index (χ0) is 25.4. The summed E-state index contributed by atoms with van der Waals surface area (Å²) in [6.07, 6.45) is 5.71. The van der Waals surface area contributed by atoms with Gasteiger partial charge in [0.2, 0.25) is 0 Å². The maximum atomic E-state index is 12.6. The highest BCUT2D eigenvalue weighted by molar-refractivity contribution is 5.89. The van der Waals surface area contributed by atoms with Gasteiger partial charge >= 0.3 is 5.69 Å². The van der Waals surface area contributed by atoms with E-state index in [1.807, 2.05) is 18.2 Å². The fourth-order valence-electron chi connectivity index (χ4n) is 3.87. The van der Waals surface area contributed by atoms with Crippen LogP contribution in [0.3, 0.4) is 0 Å². The van der Waals surface area contributed by atoms with Gasteiger partial charge in [0.15, 0.2) is 12.4 Å². The molecule has 0 saturated carbocycles. The van der Waals surface area contributed by atoms with Gasteiger partial charge in [-0.15, -0.1) is 0 Å². The highest BCUT2D eigenvalue weighted by Crippen LogP contribution is 2.27.